The minimum absolute atomic E-state index is 0.201. The second-order valence-electron chi connectivity index (χ2n) is 6.02. The lowest BCUT2D eigenvalue weighted by atomic mass is 10.1. The normalized spacial score (nSPS) is 10.1. The van der Waals surface area contributed by atoms with Crippen molar-refractivity contribution in [2.75, 3.05) is 26.2 Å². The number of rotatable bonds is 8. The van der Waals surface area contributed by atoms with E-state index in [0.717, 1.165) is 0 Å². The van der Waals surface area contributed by atoms with Crippen LogP contribution in [-0.4, -0.2) is 44.0 Å². The first-order chi connectivity index (χ1) is 13.5. The van der Waals surface area contributed by atoms with Crippen molar-refractivity contribution in [1.29, 1.82) is 0 Å². The first-order valence-electron chi connectivity index (χ1n) is 8.86. The molecule has 28 heavy (non-hydrogen) atoms. The van der Waals surface area contributed by atoms with Gasteiger partial charge in [0.25, 0.3) is 11.8 Å². The van der Waals surface area contributed by atoms with Crippen molar-refractivity contribution in [3.8, 4) is 0 Å². The molecule has 2 rings (SSSR count). The van der Waals surface area contributed by atoms with Crippen LogP contribution in [0.15, 0.2) is 48.5 Å². The average Bonchev–Trinajstić information content (AvgIpc) is 2.71. The number of carbonyl (C=O) groups is 3. The fourth-order valence-electron chi connectivity index (χ4n) is 2.29. The van der Waals surface area contributed by atoms with E-state index in [9.17, 15) is 18.8 Å². The third-order valence-electron chi connectivity index (χ3n) is 3.86. The fraction of sp³-hybridized carbons (Fsp3) is 0.250. The van der Waals surface area contributed by atoms with Crippen LogP contribution in [-0.2, 0) is 0 Å². The average molecular weight is 386 g/mol. The zero-order valence-corrected chi connectivity index (χ0v) is 15.5. The van der Waals surface area contributed by atoms with E-state index in [2.05, 4.69) is 21.3 Å². The minimum Gasteiger partial charge on any atom is -0.350 e. The van der Waals surface area contributed by atoms with Crippen molar-refractivity contribution in [3.63, 3.8) is 0 Å². The second-order valence-corrected chi connectivity index (χ2v) is 6.02. The number of halogens is 1. The molecular formula is C20H23FN4O3. The molecule has 0 aliphatic carbocycles. The molecule has 4 amide bonds. The van der Waals surface area contributed by atoms with Crippen LogP contribution < -0.4 is 21.3 Å². The highest BCUT2D eigenvalue weighted by Gasteiger charge is 2.08. The third-order valence-corrected chi connectivity index (χ3v) is 3.86. The molecular weight excluding hydrogens is 363 g/mol. The number of aryl methyl sites for hydroxylation is 1. The van der Waals surface area contributed by atoms with Crippen LogP contribution in [0.25, 0.3) is 0 Å². The predicted molar refractivity (Wildman–Crippen MR) is 104 cm³/mol. The lowest BCUT2D eigenvalue weighted by Crippen LogP contribution is -2.43. The van der Waals surface area contributed by atoms with E-state index < -0.39 is 17.8 Å². The van der Waals surface area contributed by atoms with Gasteiger partial charge in [-0.25, -0.2) is 9.18 Å². The Morgan fingerprint density at radius 3 is 1.86 bits per heavy atom. The largest absolute Gasteiger partial charge is 0.350 e. The molecule has 0 fully saturated rings. The molecule has 0 radical (unpaired) electrons. The molecule has 0 bridgehead atoms. The van der Waals surface area contributed by atoms with Crippen molar-refractivity contribution in [2.24, 2.45) is 0 Å². The van der Waals surface area contributed by atoms with Gasteiger partial charge in [-0.3, -0.25) is 9.59 Å². The van der Waals surface area contributed by atoms with Gasteiger partial charge in [-0.15, -0.1) is 0 Å². The molecule has 0 heterocycles. The fourth-order valence-corrected chi connectivity index (χ4v) is 2.29. The summed E-state index contributed by atoms with van der Waals surface area (Å²) in [5.74, 6) is -1.06. The number of hydrogen-bond acceptors (Lipinski definition) is 3. The highest BCUT2D eigenvalue weighted by Crippen LogP contribution is 2.08. The van der Waals surface area contributed by atoms with Crippen molar-refractivity contribution in [1.82, 2.24) is 21.3 Å². The Hall–Kier alpha value is -3.42. The summed E-state index contributed by atoms with van der Waals surface area (Å²) in [6.07, 6.45) is 0. The van der Waals surface area contributed by atoms with Gasteiger partial charge in [-0.2, -0.15) is 0 Å². The van der Waals surface area contributed by atoms with E-state index in [0.29, 0.717) is 11.1 Å². The van der Waals surface area contributed by atoms with Crippen LogP contribution in [0.4, 0.5) is 9.18 Å². The van der Waals surface area contributed by atoms with Crippen LogP contribution in [0.3, 0.4) is 0 Å². The van der Waals surface area contributed by atoms with E-state index in [1.54, 1.807) is 31.2 Å². The lowest BCUT2D eigenvalue weighted by molar-refractivity contribution is 0.0946. The van der Waals surface area contributed by atoms with E-state index in [-0.39, 0.29) is 37.6 Å². The molecule has 2 aromatic rings. The highest BCUT2D eigenvalue weighted by atomic mass is 19.1. The summed E-state index contributed by atoms with van der Waals surface area (Å²) < 4.78 is 13.5. The lowest BCUT2D eigenvalue weighted by Gasteiger charge is -2.10. The summed E-state index contributed by atoms with van der Waals surface area (Å²) in [5.41, 5.74) is 1.24. The molecule has 0 spiro atoms. The molecule has 0 aromatic heterocycles. The molecule has 0 saturated carbocycles. The Balaban J connectivity index is 1.57. The maximum absolute atomic E-state index is 13.5. The van der Waals surface area contributed by atoms with Gasteiger partial charge in [0.05, 0.1) is 0 Å². The zero-order chi connectivity index (χ0) is 20.4. The topological polar surface area (TPSA) is 99.3 Å². The molecule has 7 nitrogen and oxygen atoms in total. The summed E-state index contributed by atoms with van der Waals surface area (Å²) in [7, 11) is 0. The standard InChI is InChI=1S/C20H23FN4O3/c1-14-7-8-16(13-17(14)21)19(27)23-10-12-25-20(28)24-11-9-22-18(26)15-5-3-2-4-6-15/h2-8,13H,9-12H2,1H3,(H,22,26)(H,23,27)(H2,24,25,28). The number of benzene rings is 2. The molecule has 0 unspecified atom stereocenters. The van der Waals surface area contributed by atoms with E-state index >= 15 is 0 Å². The second kappa shape index (κ2) is 10.7. The predicted octanol–water partition coefficient (Wildman–Crippen LogP) is 1.59. The van der Waals surface area contributed by atoms with Gasteiger partial charge in [0.1, 0.15) is 5.82 Å². The minimum atomic E-state index is -0.440. The Labute approximate surface area is 162 Å². The van der Waals surface area contributed by atoms with Gasteiger partial charge < -0.3 is 21.3 Å². The van der Waals surface area contributed by atoms with Crippen molar-refractivity contribution < 1.29 is 18.8 Å². The summed E-state index contributed by atoms with van der Waals surface area (Å²) >= 11 is 0. The molecule has 2 aromatic carbocycles. The van der Waals surface area contributed by atoms with Gasteiger partial charge in [0.15, 0.2) is 0 Å². The van der Waals surface area contributed by atoms with Gasteiger partial charge in [-0.1, -0.05) is 24.3 Å². The Kier molecular flexibility index (Phi) is 7.95. The van der Waals surface area contributed by atoms with Gasteiger partial charge in [0, 0.05) is 37.3 Å². The van der Waals surface area contributed by atoms with Gasteiger partial charge in [-0.05, 0) is 36.8 Å². The van der Waals surface area contributed by atoms with Gasteiger partial charge >= 0.3 is 6.03 Å². The summed E-state index contributed by atoms with van der Waals surface area (Å²) in [4.78, 5) is 35.4. The number of amides is 4. The number of urea groups is 1. The van der Waals surface area contributed by atoms with Crippen LogP contribution in [0, 0.1) is 12.7 Å². The summed E-state index contributed by atoms with van der Waals surface area (Å²) in [6, 6.07) is 12.6. The van der Waals surface area contributed by atoms with E-state index in [1.807, 2.05) is 6.07 Å². The number of hydrogen-bond donors (Lipinski definition) is 4. The van der Waals surface area contributed by atoms with Crippen LogP contribution in [0.5, 0.6) is 0 Å². The quantitative estimate of drug-likeness (QED) is 0.519. The smallest absolute Gasteiger partial charge is 0.314 e. The van der Waals surface area contributed by atoms with Crippen molar-refractivity contribution in [3.05, 3.63) is 71.0 Å². The van der Waals surface area contributed by atoms with Crippen LogP contribution in [0.1, 0.15) is 26.3 Å². The van der Waals surface area contributed by atoms with Gasteiger partial charge in [0.2, 0.25) is 0 Å². The molecule has 0 aliphatic heterocycles. The molecule has 0 saturated heterocycles. The first-order valence-corrected chi connectivity index (χ1v) is 8.86. The first kappa shape index (κ1) is 20.9. The van der Waals surface area contributed by atoms with E-state index in [1.165, 1.54) is 18.2 Å². The molecule has 148 valence electrons. The van der Waals surface area contributed by atoms with Crippen molar-refractivity contribution >= 4 is 17.8 Å². The number of nitrogens with one attached hydrogen (secondary N) is 4. The van der Waals surface area contributed by atoms with Crippen LogP contribution in [0.2, 0.25) is 0 Å². The Bertz CT molecular complexity index is 827. The Morgan fingerprint density at radius 1 is 0.750 bits per heavy atom. The summed E-state index contributed by atoms with van der Waals surface area (Å²) in [5, 5.41) is 10.5. The highest BCUT2D eigenvalue weighted by molar-refractivity contribution is 5.94. The SMILES string of the molecule is Cc1ccc(C(=O)NCCNC(=O)NCCNC(=O)c2ccccc2)cc1F. The zero-order valence-electron chi connectivity index (χ0n) is 15.5. The summed E-state index contributed by atoms with van der Waals surface area (Å²) in [6.45, 7) is 2.58. The van der Waals surface area contributed by atoms with E-state index in [4.69, 9.17) is 0 Å². The van der Waals surface area contributed by atoms with Crippen molar-refractivity contribution in [2.45, 2.75) is 6.92 Å². The van der Waals surface area contributed by atoms with Crippen LogP contribution >= 0.6 is 0 Å². The number of carbonyl (C=O) groups excluding carboxylic acids is 3. The Morgan fingerprint density at radius 2 is 1.29 bits per heavy atom. The molecule has 0 atom stereocenters. The monoisotopic (exact) mass is 386 g/mol. The molecule has 4 N–H and O–H groups in total. The maximum atomic E-state index is 13.5. The molecule has 8 heteroatoms. The molecule has 0 aliphatic rings. The third kappa shape index (κ3) is 6.71. The maximum Gasteiger partial charge on any atom is 0.314 e.